The molecule has 4 nitrogen and oxygen atoms in total. The van der Waals surface area contributed by atoms with Gasteiger partial charge < -0.3 is 10.1 Å². The van der Waals surface area contributed by atoms with E-state index in [2.05, 4.69) is 5.32 Å². The standard InChI is InChI=1S/C17H15F2NO3S/c1-11(17(22)20-16-13(18)8-5-9-14(16)19)23-15(21)10-24-12-6-3-2-4-7-12/h2-9,11H,10H2,1H3,(H,20,22)/t11-/m1/s1. The number of thioether (sulfide) groups is 1. The fraction of sp³-hybridized carbons (Fsp3) is 0.176. The number of anilines is 1. The zero-order valence-corrected chi connectivity index (χ0v) is 13.6. The van der Waals surface area contributed by atoms with Crippen LogP contribution in [0, 0.1) is 11.6 Å². The molecule has 0 unspecified atom stereocenters. The number of hydrogen-bond acceptors (Lipinski definition) is 4. The quantitative estimate of drug-likeness (QED) is 0.638. The summed E-state index contributed by atoms with van der Waals surface area (Å²) >= 11 is 1.26. The van der Waals surface area contributed by atoms with E-state index in [4.69, 9.17) is 4.74 Å². The van der Waals surface area contributed by atoms with Crippen LogP contribution in [-0.4, -0.2) is 23.7 Å². The number of ether oxygens (including phenoxy) is 1. The number of hydrogen-bond donors (Lipinski definition) is 1. The molecule has 1 atom stereocenters. The predicted octanol–water partition coefficient (Wildman–Crippen LogP) is 3.63. The van der Waals surface area contributed by atoms with Crippen molar-refractivity contribution < 1.29 is 23.1 Å². The van der Waals surface area contributed by atoms with Crippen LogP contribution in [0.5, 0.6) is 0 Å². The van der Waals surface area contributed by atoms with Crippen LogP contribution in [0.3, 0.4) is 0 Å². The number of esters is 1. The Morgan fingerprint density at radius 2 is 1.71 bits per heavy atom. The Bertz CT molecular complexity index is 705. The van der Waals surface area contributed by atoms with Crippen LogP contribution >= 0.6 is 11.8 Å². The summed E-state index contributed by atoms with van der Waals surface area (Å²) in [6, 6.07) is 12.4. The van der Waals surface area contributed by atoms with E-state index in [1.165, 1.54) is 24.8 Å². The molecule has 0 saturated heterocycles. The van der Waals surface area contributed by atoms with Crippen molar-refractivity contribution in [2.45, 2.75) is 17.9 Å². The number of para-hydroxylation sites is 1. The first-order valence-electron chi connectivity index (χ1n) is 7.09. The second kappa shape index (κ2) is 8.44. The molecule has 0 heterocycles. The lowest BCUT2D eigenvalue weighted by molar-refractivity contribution is -0.150. The first-order valence-corrected chi connectivity index (χ1v) is 8.08. The van der Waals surface area contributed by atoms with E-state index in [0.717, 1.165) is 17.0 Å². The second-order valence-electron chi connectivity index (χ2n) is 4.82. The maximum absolute atomic E-state index is 13.5. The van der Waals surface area contributed by atoms with Gasteiger partial charge in [-0.3, -0.25) is 9.59 Å². The number of carbonyl (C=O) groups is 2. The molecule has 0 aliphatic rings. The smallest absolute Gasteiger partial charge is 0.317 e. The summed E-state index contributed by atoms with van der Waals surface area (Å²) in [5.74, 6) is -3.18. The first-order chi connectivity index (χ1) is 11.5. The summed E-state index contributed by atoms with van der Waals surface area (Å²) in [7, 11) is 0. The molecule has 126 valence electrons. The molecule has 24 heavy (non-hydrogen) atoms. The van der Waals surface area contributed by atoms with Crippen molar-refractivity contribution >= 4 is 29.3 Å². The molecular weight excluding hydrogens is 336 g/mol. The lowest BCUT2D eigenvalue weighted by Gasteiger charge is -2.14. The van der Waals surface area contributed by atoms with E-state index in [1.54, 1.807) is 0 Å². The third kappa shape index (κ3) is 5.06. The van der Waals surface area contributed by atoms with Gasteiger partial charge in [-0.1, -0.05) is 24.3 Å². The van der Waals surface area contributed by atoms with Crippen LogP contribution < -0.4 is 5.32 Å². The molecule has 0 radical (unpaired) electrons. The molecule has 1 N–H and O–H groups in total. The minimum atomic E-state index is -1.17. The summed E-state index contributed by atoms with van der Waals surface area (Å²) in [5.41, 5.74) is -0.566. The summed E-state index contributed by atoms with van der Waals surface area (Å²) < 4.78 is 31.9. The average Bonchev–Trinajstić information content (AvgIpc) is 2.57. The first kappa shape index (κ1) is 17.9. The molecular formula is C17H15F2NO3S. The lowest BCUT2D eigenvalue weighted by atomic mass is 10.2. The lowest BCUT2D eigenvalue weighted by Crippen LogP contribution is -2.31. The van der Waals surface area contributed by atoms with E-state index < -0.39 is 35.3 Å². The molecule has 0 spiro atoms. The molecule has 0 aromatic heterocycles. The summed E-state index contributed by atoms with van der Waals surface area (Å²) in [5, 5.41) is 2.08. The van der Waals surface area contributed by atoms with Crippen LogP contribution in [0.2, 0.25) is 0 Å². The van der Waals surface area contributed by atoms with Crippen LogP contribution in [-0.2, 0) is 14.3 Å². The van der Waals surface area contributed by atoms with Crippen molar-refractivity contribution in [2.75, 3.05) is 11.1 Å². The van der Waals surface area contributed by atoms with Crippen molar-refractivity contribution in [1.82, 2.24) is 0 Å². The number of rotatable bonds is 6. The zero-order valence-electron chi connectivity index (χ0n) is 12.8. The van der Waals surface area contributed by atoms with Gasteiger partial charge in [0.15, 0.2) is 6.10 Å². The third-order valence-electron chi connectivity index (χ3n) is 2.99. The Morgan fingerprint density at radius 1 is 1.08 bits per heavy atom. The van der Waals surface area contributed by atoms with Gasteiger partial charge >= 0.3 is 5.97 Å². The van der Waals surface area contributed by atoms with Gasteiger partial charge in [-0.05, 0) is 31.2 Å². The van der Waals surface area contributed by atoms with E-state index >= 15 is 0 Å². The van der Waals surface area contributed by atoms with E-state index in [0.29, 0.717) is 0 Å². The van der Waals surface area contributed by atoms with Gasteiger partial charge in [0, 0.05) is 4.90 Å². The Morgan fingerprint density at radius 3 is 2.33 bits per heavy atom. The predicted molar refractivity (Wildman–Crippen MR) is 87.7 cm³/mol. The summed E-state index contributed by atoms with van der Waals surface area (Å²) in [4.78, 5) is 24.5. The zero-order chi connectivity index (χ0) is 17.5. The maximum atomic E-state index is 13.5. The molecule has 2 aromatic rings. The Hall–Kier alpha value is -2.41. The summed E-state index contributed by atoms with van der Waals surface area (Å²) in [6.45, 7) is 1.33. The van der Waals surface area contributed by atoms with Crippen LogP contribution in [0.15, 0.2) is 53.4 Å². The van der Waals surface area contributed by atoms with E-state index in [1.807, 2.05) is 30.3 Å². The largest absolute Gasteiger partial charge is 0.452 e. The number of halogens is 2. The van der Waals surface area contributed by atoms with E-state index in [9.17, 15) is 18.4 Å². The Kier molecular flexibility index (Phi) is 6.31. The number of benzene rings is 2. The Labute approximate surface area is 142 Å². The van der Waals surface area contributed by atoms with Crippen molar-refractivity contribution in [3.63, 3.8) is 0 Å². The van der Waals surface area contributed by atoms with Crippen molar-refractivity contribution in [1.29, 1.82) is 0 Å². The fourth-order valence-electron chi connectivity index (χ4n) is 1.79. The second-order valence-corrected chi connectivity index (χ2v) is 5.87. The number of amides is 1. The molecule has 2 rings (SSSR count). The SMILES string of the molecule is C[C@@H](OC(=O)CSc1ccccc1)C(=O)Nc1c(F)cccc1F. The highest BCUT2D eigenvalue weighted by molar-refractivity contribution is 8.00. The molecule has 0 bridgehead atoms. The highest BCUT2D eigenvalue weighted by Gasteiger charge is 2.20. The molecule has 0 aliphatic heterocycles. The molecule has 0 aliphatic carbocycles. The highest BCUT2D eigenvalue weighted by atomic mass is 32.2. The van der Waals surface area contributed by atoms with Crippen molar-refractivity contribution in [3.05, 3.63) is 60.2 Å². The average molecular weight is 351 g/mol. The Balaban J connectivity index is 1.86. The van der Waals surface area contributed by atoms with Crippen molar-refractivity contribution in [3.8, 4) is 0 Å². The number of carbonyl (C=O) groups excluding carboxylic acids is 2. The molecule has 0 fully saturated rings. The highest BCUT2D eigenvalue weighted by Crippen LogP contribution is 2.19. The molecule has 2 aromatic carbocycles. The van der Waals surface area contributed by atoms with Gasteiger partial charge in [0.1, 0.15) is 17.3 Å². The molecule has 1 amide bonds. The maximum Gasteiger partial charge on any atom is 0.317 e. The van der Waals surface area contributed by atoms with Gasteiger partial charge in [0.05, 0.1) is 5.75 Å². The normalized spacial score (nSPS) is 11.6. The van der Waals surface area contributed by atoms with E-state index in [-0.39, 0.29) is 5.75 Å². The third-order valence-corrected chi connectivity index (χ3v) is 3.97. The van der Waals surface area contributed by atoms with Gasteiger partial charge in [-0.25, -0.2) is 8.78 Å². The molecule has 0 saturated carbocycles. The van der Waals surface area contributed by atoms with Gasteiger partial charge in [0.2, 0.25) is 0 Å². The van der Waals surface area contributed by atoms with Crippen molar-refractivity contribution in [2.24, 2.45) is 0 Å². The minimum absolute atomic E-state index is 0.0235. The fourth-order valence-corrected chi connectivity index (χ4v) is 2.49. The van der Waals surface area contributed by atoms with Gasteiger partial charge in [-0.2, -0.15) is 0 Å². The van der Waals surface area contributed by atoms with Crippen LogP contribution in [0.25, 0.3) is 0 Å². The number of nitrogens with one attached hydrogen (secondary N) is 1. The topological polar surface area (TPSA) is 55.4 Å². The minimum Gasteiger partial charge on any atom is -0.452 e. The summed E-state index contributed by atoms with van der Waals surface area (Å²) in [6.07, 6.45) is -1.17. The van der Waals surface area contributed by atoms with Crippen LogP contribution in [0.4, 0.5) is 14.5 Å². The van der Waals surface area contributed by atoms with Gasteiger partial charge in [0.25, 0.3) is 5.91 Å². The van der Waals surface area contributed by atoms with Gasteiger partial charge in [-0.15, -0.1) is 11.8 Å². The van der Waals surface area contributed by atoms with Crippen LogP contribution in [0.1, 0.15) is 6.92 Å². The monoisotopic (exact) mass is 351 g/mol. The molecule has 7 heteroatoms.